The SMILES string of the molecule is O=C(O)[C@@H]1C[C@@H]2CCCC[C@H]2N1C(=O)c1nccc2ccccc12. The predicted molar refractivity (Wildman–Crippen MR) is 89.7 cm³/mol. The highest BCUT2D eigenvalue weighted by molar-refractivity contribution is 6.06. The quantitative estimate of drug-likeness (QED) is 0.921. The Labute approximate surface area is 140 Å². The average Bonchev–Trinajstić information content (AvgIpc) is 3.00. The van der Waals surface area contributed by atoms with E-state index in [1.165, 1.54) is 0 Å². The van der Waals surface area contributed by atoms with Gasteiger partial charge in [-0.25, -0.2) is 4.79 Å². The number of aromatic nitrogens is 1. The third kappa shape index (κ3) is 2.35. The van der Waals surface area contributed by atoms with Crippen molar-refractivity contribution in [3.8, 4) is 0 Å². The first-order valence-corrected chi connectivity index (χ1v) is 8.56. The van der Waals surface area contributed by atoms with Gasteiger partial charge in [-0.05, 0) is 36.6 Å². The first kappa shape index (κ1) is 15.1. The molecule has 1 saturated carbocycles. The summed E-state index contributed by atoms with van der Waals surface area (Å²) in [4.78, 5) is 30.9. The Morgan fingerprint density at radius 2 is 1.92 bits per heavy atom. The first-order chi connectivity index (χ1) is 11.7. The lowest BCUT2D eigenvalue weighted by Gasteiger charge is -2.33. The van der Waals surface area contributed by atoms with Crippen molar-refractivity contribution in [3.63, 3.8) is 0 Å². The minimum absolute atomic E-state index is 0.0353. The molecule has 3 atom stereocenters. The maximum absolute atomic E-state index is 13.2. The molecule has 5 heteroatoms. The second-order valence-electron chi connectivity index (χ2n) is 6.79. The molecule has 0 bridgehead atoms. The highest BCUT2D eigenvalue weighted by Crippen LogP contribution is 2.40. The van der Waals surface area contributed by atoms with Crippen LogP contribution in [-0.4, -0.2) is 39.0 Å². The lowest BCUT2D eigenvalue weighted by Crippen LogP contribution is -2.46. The molecule has 1 aliphatic heterocycles. The standard InChI is InChI=1S/C19H20N2O3/c22-18(17-14-7-3-1-5-12(14)9-10-20-17)21-15-8-4-2-6-13(15)11-16(21)19(23)24/h1,3,5,7,9-10,13,15-16H,2,4,6,8,11H2,(H,23,24)/t13-,15+,16-/m0/s1. The summed E-state index contributed by atoms with van der Waals surface area (Å²) in [5.41, 5.74) is 0.366. The number of amides is 1. The number of carbonyl (C=O) groups excluding carboxylic acids is 1. The predicted octanol–water partition coefficient (Wildman–Crippen LogP) is 3.09. The van der Waals surface area contributed by atoms with E-state index in [0.717, 1.165) is 36.5 Å². The molecule has 0 spiro atoms. The van der Waals surface area contributed by atoms with Gasteiger partial charge < -0.3 is 10.0 Å². The van der Waals surface area contributed by atoms with Crippen molar-refractivity contribution in [1.82, 2.24) is 9.88 Å². The molecule has 2 heterocycles. The number of hydrogen-bond acceptors (Lipinski definition) is 3. The zero-order valence-electron chi connectivity index (χ0n) is 13.4. The number of carboxylic acids is 1. The maximum Gasteiger partial charge on any atom is 0.326 e. The van der Waals surface area contributed by atoms with E-state index in [1.54, 1.807) is 11.1 Å². The number of hydrogen-bond donors (Lipinski definition) is 1. The van der Waals surface area contributed by atoms with E-state index in [-0.39, 0.29) is 11.9 Å². The Balaban J connectivity index is 1.77. The first-order valence-electron chi connectivity index (χ1n) is 8.56. The van der Waals surface area contributed by atoms with Gasteiger partial charge in [-0.3, -0.25) is 9.78 Å². The van der Waals surface area contributed by atoms with Gasteiger partial charge in [-0.15, -0.1) is 0 Å². The Hall–Kier alpha value is -2.43. The highest BCUT2D eigenvalue weighted by Gasteiger charge is 2.48. The number of aliphatic carboxylic acids is 1. The summed E-state index contributed by atoms with van der Waals surface area (Å²) >= 11 is 0. The number of benzene rings is 1. The van der Waals surface area contributed by atoms with Crippen molar-refractivity contribution in [2.45, 2.75) is 44.2 Å². The molecule has 0 radical (unpaired) electrons. The van der Waals surface area contributed by atoms with Gasteiger partial charge in [0.1, 0.15) is 11.7 Å². The van der Waals surface area contributed by atoms with Crippen molar-refractivity contribution < 1.29 is 14.7 Å². The molecule has 24 heavy (non-hydrogen) atoms. The van der Waals surface area contributed by atoms with E-state index in [2.05, 4.69) is 4.98 Å². The number of fused-ring (bicyclic) bond motifs is 2. The fourth-order valence-corrected chi connectivity index (χ4v) is 4.38. The molecular weight excluding hydrogens is 304 g/mol. The van der Waals surface area contributed by atoms with Crippen LogP contribution in [-0.2, 0) is 4.79 Å². The Morgan fingerprint density at radius 1 is 1.12 bits per heavy atom. The van der Waals surface area contributed by atoms with Crippen LogP contribution < -0.4 is 0 Å². The number of pyridine rings is 1. The van der Waals surface area contributed by atoms with Gasteiger partial charge in [-0.1, -0.05) is 37.1 Å². The summed E-state index contributed by atoms with van der Waals surface area (Å²) in [5.74, 6) is -0.842. The highest BCUT2D eigenvalue weighted by atomic mass is 16.4. The molecule has 2 fully saturated rings. The van der Waals surface area contributed by atoms with E-state index in [9.17, 15) is 14.7 Å². The zero-order chi connectivity index (χ0) is 16.7. The summed E-state index contributed by atoms with van der Waals surface area (Å²) < 4.78 is 0. The third-order valence-electron chi connectivity index (χ3n) is 5.48. The molecule has 1 aliphatic carbocycles. The van der Waals surface area contributed by atoms with E-state index >= 15 is 0 Å². The summed E-state index contributed by atoms with van der Waals surface area (Å²) in [6.07, 6.45) is 6.28. The zero-order valence-corrected chi connectivity index (χ0v) is 13.4. The van der Waals surface area contributed by atoms with Crippen molar-refractivity contribution in [1.29, 1.82) is 0 Å². The van der Waals surface area contributed by atoms with Crippen LogP contribution in [0.4, 0.5) is 0 Å². The third-order valence-corrected chi connectivity index (χ3v) is 5.48. The van der Waals surface area contributed by atoms with Gasteiger partial charge in [0.2, 0.25) is 0 Å². The van der Waals surface area contributed by atoms with Crippen molar-refractivity contribution in [3.05, 3.63) is 42.2 Å². The van der Waals surface area contributed by atoms with Gasteiger partial charge in [-0.2, -0.15) is 0 Å². The van der Waals surface area contributed by atoms with Crippen LogP contribution in [0.3, 0.4) is 0 Å². The Morgan fingerprint density at radius 3 is 2.75 bits per heavy atom. The van der Waals surface area contributed by atoms with E-state index in [4.69, 9.17) is 0 Å². The summed E-state index contributed by atoms with van der Waals surface area (Å²) in [7, 11) is 0. The topological polar surface area (TPSA) is 70.5 Å². The molecule has 1 aromatic carbocycles. The van der Waals surface area contributed by atoms with Crippen LogP contribution in [0.2, 0.25) is 0 Å². The monoisotopic (exact) mass is 324 g/mol. The van der Waals surface area contributed by atoms with Crippen LogP contribution >= 0.6 is 0 Å². The van der Waals surface area contributed by atoms with Crippen LogP contribution in [0, 0.1) is 5.92 Å². The van der Waals surface area contributed by atoms with Crippen LogP contribution in [0.25, 0.3) is 10.8 Å². The number of rotatable bonds is 2. The molecular formula is C19H20N2O3. The minimum atomic E-state index is -0.905. The molecule has 1 saturated heterocycles. The summed E-state index contributed by atoms with van der Waals surface area (Å²) in [6, 6.07) is 8.79. The molecule has 2 aliphatic rings. The number of nitrogens with zero attached hydrogens (tertiary/aromatic N) is 2. The van der Waals surface area contributed by atoms with Gasteiger partial charge in [0.25, 0.3) is 5.91 Å². The summed E-state index contributed by atoms with van der Waals surface area (Å²) in [5, 5.41) is 11.4. The van der Waals surface area contributed by atoms with Crippen LogP contribution in [0.1, 0.15) is 42.6 Å². The second kappa shape index (κ2) is 5.89. The number of carbonyl (C=O) groups is 2. The molecule has 0 unspecified atom stereocenters. The van der Waals surface area contributed by atoms with Crippen molar-refractivity contribution in [2.24, 2.45) is 5.92 Å². The molecule has 1 aromatic heterocycles. The fourth-order valence-electron chi connectivity index (χ4n) is 4.38. The maximum atomic E-state index is 13.2. The molecule has 124 valence electrons. The molecule has 2 aromatic rings. The molecule has 5 nitrogen and oxygen atoms in total. The molecule has 1 N–H and O–H groups in total. The Bertz CT molecular complexity index is 799. The van der Waals surface area contributed by atoms with E-state index < -0.39 is 12.0 Å². The molecule has 1 amide bonds. The van der Waals surface area contributed by atoms with Crippen molar-refractivity contribution >= 4 is 22.6 Å². The lowest BCUT2D eigenvalue weighted by molar-refractivity contribution is -0.141. The largest absolute Gasteiger partial charge is 0.480 e. The van der Waals surface area contributed by atoms with E-state index in [0.29, 0.717) is 18.0 Å². The van der Waals surface area contributed by atoms with Gasteiger partial charge in [0.05, 0.1) is 0 Å². The minimum Gasteiger partial charge on any atom is -0.480 e. The average molecular weight is 324 g/mol. The smallest absolute Gasteiger partial charge is 0.326 e. The van der Waals surface area contributed by atoms with Crippen LogP contribution in [0.15, 0.2) is 36.5 Å². The van der Waals surface area contributed by atoms with Crippen molar-refractivity contribution in [2.75, 3.05) is 0 Å². The number of likely N-dealkylation sites (tertiary alicyclic amines) is 1. The second-order valence-corrected chi connectivity index (χ2v) is 6.79. The number of carboxylic acid groups (broad SMARTS) is 1. The Kier molecular flexibility index (Phi) is 3.71. The van der Waals surface area contributed by atoms with Gasteiger partial charge in [0.15, 0.2) is 0 Å². The van der Waals surface area contributed by atoms with Crippen LogP contribution in [0.5, 0.6) is 0 Å². The van der Waals surface area contributed by atoms with Gasteiger partial charge >= 0.3 is 5.97 Å². The summed E-state index contributed by atoms with van der Waals surface area (Å²) in [6.45, 7) is 0. The molecule has 4 rings (SSSR count). The fraction of sp³-hybridized carbons (Fsp3) is 0.421. The van der Waals surface area contributed by atoms with Gasteiger partial charge in [0, 0.05) is 17.6 Å². The lowest BCUT2D eigenvalue weighted by atomic mass is 9.84. The normalized spacial score (nSPS) is 26.3. The van der Waals surface area contributed by atoms with E-state index in [1.807, 2.05) is 30.3 Å².